The maximum Gasteiger partial charge on any atom is 0.207 e. The van der Waals surface area contributed by atoms with E-state index in [2.05, 4.69) is 91.8 Å². The van der Waals surface area contributed by atoms with Gasteiger partial charge in [0.05, 0.1) is 14.2 Å². The van der Waals surface area contributed by atoms with Gasteiger partial charge in [0, 0.05) is 11.1 Å². The summed E-state index contributed by atoms with van der Waals surface area (Å²) in [4.78, 5) is 0. The highest BCUT2D eigenvalue weighted by molar-refractivity contribution is 5.66. The SMILES string of the molecule is COc1c(O)c(C)c(C/C=C(\C)CC/C=C(/C)CC/C=C(/C)CC/C=C(/C)CC/C=C(/C)CC/C=C(\C)CCCC(C)C)c(O)c1OC. The first kappa shape index (κ1) is 42.9. The highest BCUT2D eigenvalue weighted by Gasteiger charge is 2.22. The largest absolute Gasteiger partial charge is 0.504 e. The van der Waals surface area contributed by atoms with Gasteiger partial charge in [-0.25, -0.2) is 0 Å². The first-order valence-electron chi connectivity index (χ1n) is 18.4. The summed E-state index contributed by atoms with van der Waals surface area (Å²) < 4.78 is 10.5. The van der Waals surface area contributed by atoms with Crippen LogP contribution in [0.1, 0.15) is 150 Å². The zero-order valence-electron chi connectivity index (χ0n) is 32.7. The summed E-state index contributed by atoms with van der Waals surface area (Å²) in [5, 5.41) is 21.2. The number of aromatic hydroxyl groups is 2. The van der Waals surface area contributed by atoms with Crippen molar-refractivity contribution in [1.82, 2.24) is 0 Å². The van der Waals surface area contributed by atoms with E-state index in [1.54, 1.807) is 12.5 Å². The number of methoxy groups -OCH3 is 2. The Labute approximate surface area is 295 Å². The third-order valence-electron chi connectivity index (χ3n) is 9.30. The number of hydrogen-bond acceptors (Lipinski definition) is 4. The second-order valence-electron chi connectivity index (χ2n) is 14.4. The van der Waals surface area contributed by atoms with E-state index in [-0.39, 0.29) is 23.0 Å². The normalized spacial score (nSPS) is 13.9. The second-order valence-corrected chi connectivity index (χ2v) is 14.4. The van der Waals surface area contributed by atoms with Crippen LogP contribution in [0.2, 0.25) is 0 Å². The molecular weight excluding hydrogens is 592 g/mol. The highest BCUT2D eigenvalue weighted by Crippen LogP contribution is 2.48. The Balaban J connectivity index is 2.39. The van der Waals surface area contributed by atoms with E-state index in [1.807, 2.05) is 0 Å². The minimum Gasteiger partial charge on any atom is -0.504 e. The molecule has 0 radical (unpaired) electrons. The van der Waals surface area contributed by atoms with Gasteiger partial charge in [-0.05, 0) is 138 Å². The molecule has 1 rings (SSSR count). The fourth-order valence-electron chi connectivity index (χ4n) is 5.88. The van der Waals surface area contributed by atoms with Crippen LogP contribution >= 0.6 is 0 Å². The van der Waals surface area contributed by atoms with Crippen molar-refractivity contribution in [1.29, 1.82) is 0 Å². The van der Waals surface area contributed by atoms with Crippen LogP contribution in [-0.4, -0.2) is 24.4 Å². The van der Waals surface area contributed by atoms with E-state index >= 15 is 0 Å². The number of ether oxygens (including phenoxy) is 2. The van der Waals surface area contributed by atoms with E-state index in [4.69, 9.17) is 9.47 Å². The van der Waals surface area contributed by atoms with Gasteiger partial charge in [0.25, 0.3) is 0 Å². The first-order chi connectivity index (χ1) is 22.8. The van der Waals surface area contributed by atoms with Crippen molar-refractivity contribution < 1.29 is 19.7 Å². The second kappa shape index (κ2) is 24.1. The standard InChI is InChI=1S/C44H70O4/c1-32(2)18-12-19-33(3)20-13-21-34(4)22-14-23-35(5)24-15-25-36(6)26-16-27-37(7)28-17-29-38(8)30-31-40-39(9)41(45)43(47-10)44(48-11)42(40)46/h20,22,24,26,28,30,32,45-46H,12-19,21,23,25,27,29,31H2,1-11H3/b33-20+,34-22-,35-24-,36-26-,37-28-,38-30+. The van der Waals surface area contributed by atoms with Crippen LogP contribution in [-0.2, 0) is 6.42 Å². The van der Waals surface area contributed by atoms with Crippen LogP contribution in [0.15, 0.2) is 69.9 Å². The van der Waals surface area contributed by atoms with Crippen molar-refractivity contribution in [2.75, 3.05) is 14.2 Å². The topological polar surface area (TPSA) is 58.9 Å². The third kappa shape index (κ3) is 17.3. The molecule has 1 aromatic carbocycles. The van der Waals surface area contributed by atoms with Crippen molar-refractivity contribution in [3.63, 3.8) is 0 Å². The smallest absolute Gasteiger partial charge is 0.207 e. The molecule has 0 atom stereocenters. The molecule has 0 aromatic heterocycles. The molecule has 0 spiro atoms. The minimum atomic E-state index is 0.00774. The van der Waals surface area contributed by atoms with Crippen LogP contribution < -0.4 is 9.47 Å². The van der Waals surface area contributed by atoms with E-state index < -0.39 is 0 Å². The molecular formula is C44H70O4. The predicted molar refractivity (Wildman–Crippen MR) is 209 cm³/mol. The Hall–Kier alpha value is -3.14. The average molecular weight is 663 g/mol. The molecule has 0 fully saturated rings. The number of phenolic OH excluding ortho intramolecular Hbond substituents is 2. The Morgan fingerprint density at radius 3 is 1.23 bits per heavy atom. The van der Waals surface area contributed by atoms with E-state index in [0.29, 0.717) is 17.5 Å². The lowest BCUT2D eigenvalue weighted by atomic mass is 9.99. The van der Waals surface area contributed by atoms with Gasteiger partial charge in [0.1, 0.15) is 0 Å². The Morgan fingerprint density at radius 2 is 0.875 bits per heavy atom. The van der Waals surface area contributed by atoms with Crippen molar-refractivity contribution in [2.45, 2.75) is 152 Å². The first-order valence-corrected chi connectivity index (χ1v) is 18.4. The summed E-state index contributed by atoms with van der Waals surface area (Å²) in [5.74, 6) is 1.17. The molecule has 1 aromatic rings. The van der Waals surface area contributed by atoms with E-state index in [9.17, 15) is 10.2 Å². The van der Waals surface area contributed by atoms with E-state index in [0.717, 1.165) is 57.3 Å². The third-order valence-corrected chi connectivity index (χ3v) is 9.30. The van der Waals surface area contributed by atoms with Gasteiger partial charge in [-0.2, -0.15) is 0 Å². The summed E-state index contributed by atoms with van der Waals surface area (Å²) in [6.07, 6.45) is 29.7. The summed E-state index contributed by atoms with van der Waals surface area (Å²) in [6, 6.07) is 0. The summed E-state index contributed by atoms with van der Waals surface area (Å²) in [5.41, 5.74) is 10.0. The van der Waals surface area contributed by atoms with Crippen molar-refractivity contribution in [3.05, 3.63) is 81.0 Å². The fraction of sp³-hybridized carbons (Fsp3) is 0.591. The lowest BCUT2D eigenvalue weighted by Gasteiger charge is -2.17. The number of allylic oxidation sites excluding steroid dienone is 12. The Morgan fingerprint density at radius 1 is 0.542 bits per heavy atom. The quantitative estimate of drug-likeness (QED) is 0.0904. The van der Waals surface area contributed by atoms with Crippen LogP contribution in [0.3, 0.4) is 0 Å². The predicted octanol–water partition coefficient (Wildman–Crippen LogP) is 13.4. The molecule has 270 valence electrons. The van der Waals surface area contributed by atoms with Crippen molar-refractivity contribution in [3.8, 4) is 23.0 Å². The molecule has 2 N–H and O–H groups in total. The molecule has 4 heteroatoms. The molecule has 0 bridgehead atoms. The van der Waals surface area contributed by atoms with Gasteiger partial charge in [-0.3, -0.25) is 0 Å². The van der Waals surface area contributed by atoms with Crippen LogP contribution in [0.25, 0.3) is 0 Å². The maximum absolute atomic E-state index is 10.7. The van der Waals surface area contributed by atoms with Gasteiger partial charge >= 0.3 is 0 Å². The van der Waals surface area contributed by atoms with E-state index in [1.165, 1.54) is 74.2 Å². The monoisotopic (exact) mass is 663 g/mol. The van der Waals surface area contributed by atoms with Gasteiger partial charge in [-0.1, -0.05) is 90.2 Å². The zero-order valence-corrected chi connectivity index (χ0v) is 32.7. The molecule has 0 aliphatic heterocycles. The Bertz CT molecular complexity index is 1300. The molecule has 0 saturated heterocycles. The summed E-state index contributed by atoms with van der Waals surface area (Å²) in [6.45, 7) is 19.9. The van der Waals surface area contributed by atoms with Gasteiger partial charge in [0.2, 0.25) is 11.5 Å². The minimum absolute atomic E-state index is 0.00774. The summed E-state index contributed by atoms with van der Waals surface area (Å²) in [7, 11) is 2.91. The molecule has 0 heterocycles. The lowest BCUT2D eigenvalue weighted by Crippen LogP contribution is -1.98. The average Bonchev–Trinajstić information content (AvgIpc) is 3.02. The number of rotatable bonds is 23. The summed E-state index contributed by atoms with van der Waals surface area (Å²) >= 11 is 0. The van der Waals surface area contributed by atoms with Crippen LogP contribution in [0.4, 0.5) is 0 Å². The molecule has 0 amide bonds. The Kier molecular flexibility index (Phi) is 21.5. The van der Waals surface area contributed by atoms with Crippen molar-refractivity contribution >= 4 is 0 Å². The van der Waals surface area contributed by atoms with Gasteiger partial charge in [0.15, 0.2) is 11.5 Å². The fourth-order valence-corrected chi connectivity index (χ4v) is 5.88. The molecule has 4 nitrogen and oxygen atoms in total. The van der Waals surface area contributed by atoms with Crippen molar-refractivity contribution in [2.24, 2.45) is 5.92 Å². The number of phenols is 2. The van der Waals surface area contributed by atoms with Gasteiger partial charge in [-0.15, -0.1) is 0 Å². The highest BCUT2D eigenvalue weighted by atomic mass is 16.5. The lowest BCUT2D eigenvalue weighted by molar-refractivity contribution is 0.314. The molecule has 48 heavy (non-hydrogen) atoms. The zero-order chi connectivity index (χ0) is 36.1. The maximum atomic E-state index is 10.7. The molecule has 0 unspecified atom stereocenters. The number of hydrogen-bond donors (Lipinski definition) is 2. The number of benzene rings is 1. The molecule has 0 aliphatic carbocycles. The van der Waals surface area contributed by atoms with Crippen LogP contribution in [0.5, 0.6) is 23.0 Å². The van der Waals surface area contributed by atoms with Gasteiger partial charge < -0.3 is 19.7 Å². The van der Waals surface area contributed by atoms with Crippen LogP contribution in [0, 0.1) is 12.8 Å². The molecule has 0 saturated carbocycles. The molecule has 0 aliphatic rings.